The van der Waals surface area contributed by atoms with Gasteiger partial charge in [0.2, 0.25) is 5.88 Å². The first-order chi connectivity index (χ1) is 9.28. The molecule has 1 atom stereocenters. The number of benzene rings is 1. The first kappa shape index (κ1) is 13.4. The standard InChI is InChI=1S/C15H18N2O2/c1-18-15-8-7-14(10-17-15)19-11-13(16)9-12-5-3-2-4-6-12/h2-8,10,13H,9,11,16H2,1H3/t13-/m1/s1. The van der Waals surface area contributed by atoms with E-state index in [1.54, 1.807) is 19.4 Å². The second-order valence-corrected chi connectivity index (χ2v) is 4.30. The van der Waals surface area contributed by atoms with E-state index in [1.807, 2.05) is 24.3 Å². The average molecular weight is 258 g/mol. The summed E-state index contributed by atoms with van der Waals surface area (Å²) in [5, 5.41) is 0. The van der Waals surface area contributed by atoms with Crippen LogP contribution in [-0.2, 0) is 6.42 Å². The molecule has 0 unspecified atom stereocenters. The Morgan fingerprint density at radius 1 is 1.16 bits per heavy atom. The van der Waals surface area contributed by atoms with E-state index in [2.05, 4.69) is 17.1 Å². The van der Waals surface area contributed by atoms with Crippen molar-refractivity contribution in [2.45, 2.75) is 12.5 Å². The van der Waals surface area contributed by atoms with Gasteiger partial charge < -0.3 is 15.2 Å². The van der Waals surface area contributed by atoms with Gasteiger partial charge in [0.15, 0.2) is 0 Å². The number of rotatable bonds is 6. The highest BCUT2D eigenvalue weighted by molar-refractivity contribution is 5.23. The van der Waals surface area contributed by atoms with Crippen molar-refractivity contribution in [2.75, 3.05) is 13.7 Å². The zero-order valence-electron chi connectivity index (χ0n) is 11.0. The monoisotopic (exact) mass is 258 g/mol. The molecule has 0 aliphatic rings. The summed E-state index contributed by atoms with van der Waals surface area (Å²) in [6.45, 7) is 0.461. The molecule has 0 saturated heterocycles. The summed E-state index contributed by atoms with van der Waals surface area (Å²) in [6, 6.07) is 13.7. The van der Waals surface area contributed by atoms with Crippen LogP contribution in [0, 0.1) is 0 Å². The van der Waals surface area contributed by atoms with E-state index in [0.717, 1.165) is 6.42 Å². The van der Waals surface area contributed by atoms with Crippen molar-refractivity contribution in [3.63, 3.8) is 0 Å². The van der Waals surface area contributed by atoms with Gasteiger partial charge in [-0.15, -0.1) is 0 Å². The van der Waals surface area contributed by atoms with Crippen molar-refractivity contribution in [1.29, 1.82) is 0 Å². The topological polar surface area (TPSA) is 57.4 Å². The summed E-state index contributed by atoms with van der Waals surface area (Å²) >= 11 is 0. The molecule has 0 aliphatic heterocycles. The van der Waals surface area contributed by atoms with E-state index < -0.39 is 0 Å². The Bertz CT molecular complexity index is 485. The molecule has 0 saturated carbocycles. The van der Waals surface area contributed by atoms with Crippen LogP contribution in [0.5, 0.6) is 11.6 Å². The van der Waals surface area contributed by atoms with Gasteiger partial charge in [0.25, 0.3) is 0 Å². The molecule has 0 aliphatic carbocycles. The molecule has 4 nitrogen and oxygen atoms in total. The number of pyridine rings is 1. The zero-order valence-corrected chi connectivity index (χ0v) is 11.0. The number of aromatic nitrogens is 1. The molecule has 0 radical (unpaired) electrons. The summed E-state index contributed by atoms with van der Waals surface area (Å²) in [7, 11) is 1.58. The fourth-order valence-corrected chi connectivity index (χ4v) is 1.75. The van der Waals surface area contributed by atoms with Crippen molar-refractivity contribution >= 4 is 0 Å². The van der Waals surface area contributed by atoms with Gasteiger partial charge in [0.1, 0.15) is 12.4 Å². The van der Waals surface area contributed by atoms with E-state index in [9.17, 15) is 0 Å². The second kappa shape index (κ2) is 6.75. The van der Waals surface area contributed by atoms with Crippen LogP contribution in [0.1, 0.15) is 5.56 Å². The van der Waals surface area contributed by atoms with Crippen molar-refractivity contribution in [2.24, 2.45) is 5.73 Å². The Hall–Kier alpha value is -2.07. The largest absolute Gasteiger partial charge is 0.490 e. The molecule has 0 bridgehead atoms. The second-order valence-electron chi connectivity index (χ2n) is 4.30. The van der Waals surface area contributed by atoms with E-state index in [4.69, 9.17) is 15.2 Å². The number of methoxy groups -OCH3 is 1. The van der Waals surface area contributed by atoms with E-state index in [0.29, 0.717) is 18.2 Å². The molecule has 2 N–H and O–H groups in total. The fourth-order valence-electron chi connectivity index (χ4n) is 1.75. The number of ether oxygens (including phenoxy) is 2. The number of hydrogen-bond acceptors (Lipinski definition) is 4. The molecule has 0 spiro atoms. The van der Waals surface area contributed by atoms with Crippen LogP contribution >= 0.6 is 0 Å². The molecule has 19 heavy (non-hydrogen) atoms. The van der Waals surface area contributed by atoms with E-state index in [1.165, 1.54) is 5.56 Å². The predicted molar refractivity (Wildman–Crippen MR) is 74.4 cm³/mol. The van der Waals surface area contributed by atoms with Crippen LogP contribution in [0.3, 0.4) is 0 Å². The van der Waals surface area contributed by atoms with Gasteiger partial charge in [-0.05, 0) is 18.1 Å². The van der Waals surface area contributed by atoms with Crippen molar-refractivity contribution in [3.8, 4) is 11.6 Å². The lowest BCUT2D eigenvalue weighted by Crippen LogP contribution is -2.30. The maximum absolute atomic E-state index is 6.04. The molecule has 1 heterocycles. The number of nitrogens with two attached hydrogens (primary N) is 1. The summed E-state index contributed by atoms with van der Waals surface area (Å²) in [5.41, 5.74) is 7.25. The third-order valence-corrected chi connectivity index (χ3v) is 2.72. The third-order valence-electron chi connectivity index (χ3n) is 2.72. The minimum absolute atomic E-state index is 0.0375. The molecule has 1 aromatic carbocycles. The van der Waals surface area contributed by atoms with Gasteiger partial charge >= 0.3 is 0 Å². The molecule has 2 rings (SSSR count). The highest BCUT2D eigenvalue weighted by Crippen LogP contribution is 2.13. The normalized spacial score (nSPS) is 11.9. The van der Waals surface area contributed by atoms with E-state index in [-0.39, 0.29) is 6.04 Å². The Morgan fingerprint density at radius 3 is 2.58 bits per heavy atom. The summed E-state index contributed by atoms with van der Waals surface area (Å²) in [4.78, 5) is 4.07. The number of nitrogens with zero attached hydrogens (tertiary/aromatic N) is 1. The lowest BCUT2D eigenvalue weighted by Gasteiger charge is -2.13. The molecule has 0 amide bonds. The van der Waals surface area contributed by atoms with Gasteiger partial charge in [-0.25, -0.2) is 4.98 Å². The van der Waals surface area contributed by atoms with Crippen LogP contribution in [0.15, 0.2) is 48.7 Å². The first-order valence-electron chi connectivity index (χ1n) is 6.20. The maximum atomic E-state index is 6.04. The van der Waals surface area contributed by atoms with Crippen LogP contribution in [0.4, 0.5) is 0 Å². The van der Waals surface area contributed by atoms with Crippen molar-refractivity contribution < 1.29 is 9.47 Å². The summed E-state index contributed by atoms with van der Waals surface area (Å²) < 4.78 is 10.6. The molecular weight excluding hydrogens is 240 g/mol. The molecule has 0 fully saturated rings. The zero-order chi connectivity index (χ0) is 13.5. The highest BCUT2D eigenvalue weighted by Gasteiger charge is 2.05. The Labute approximate surface area is 113 Å². The van der Waals surface area contributed by atoms with Gasteiger partial charge in [0.05, 0.1) is 13.3 Å². The lowest BCUT2D eigenvalue weighted by atomic mass is 10.1. The Morgan fingerprint density at radius 2 is 1.95 bits per heavy atom. The van der Waals surface area contributed by atoms with Gasteiger partial charge in [-0.1, -0.05) is 30.3 Å². The van der Waals surface area contributed by atoms with Gasteiger partial charge in [0, 0.05) is 12.1 Å². The highest BCUT2D eigenvalue weighted by atomic mass is 16.5. The van der Waals surface area contributed by atoms with Crippen LogP contribution < -0.4 is 15.2 Å². The maximum Gasteiger partial charge on any atom is 0.213 e. The van der Waals surface area contributed by atoms with Gasteiger partial charge in [-0.3, -0.25) is 0 Å². The molecular formula is C15H18N2O2. The van der Waals surface area contributed by atoms with Crippen LogP contribution in [0.2, 0.25) is 0 Å². The molecule has 4 heteroatoms. The first-order valence-corrected chi connectivity index (χ1v) is 6.20. The Kier molecular flexibility index (Phi) is 4.75. The smallest absolute Gasteiger partial charge is 0.213 e. The molecule has 100 valence electrons. The van der Waals surface area contributed by atoms with Crippen LogP contribution in [-0.4, -0.2) is 24.7 Å². The SMILES string of the molecule is COc1ccc(OC[C@H](N)Cc2ccccc2)cn1. The van der Waals surface area contributed by atoms with Gasteiger partial charge in [-0.2, -0.15) is 0 Å². The minimum Gasteiger partial charge on any atom is -0.490 e. The van der Waals surface area contributed by atoms with E-state index >= 15 is 0 Å². The quantitative estimate of drug-likeness (QED) is 0.861. The van der Waals surface area contributed by atoms with Crippen LogP contribution in [0.25, 0.3) is 0 Å². The Balaban J connectivity index is 1.81. The molecule has 2 aromatic rings. The summed E-state index contributed by atoms with van der Waals surface area (Å²) in [5.74, 6) is 1.27. The molecule has 1 aromatic heterocycles. The fraction of sp³-hybridized carbons (Fsp3) is 0.267. The minimum atomic E-state index is -0.0375. The number of hydrogen-bond donors (Lipinski definition) is 1. The third kappa shape index (κ3) is 4.26. The van der Waals surface area contributed by atoms with Crippen molar-refractivity contribution in [1.82, 2.24) is 4.98 Å². The average Bonchev–Trinajstić information content (AvgIpc) is 2.47. The summed E-state index contributed by atoms with van der Waals surface area (Å²) in [6.07, 6.45) is 2.43. The lowest BCUT2D eigenvalue weighted by molar-refractivity contribution is 0.285. The van der Waals surface area contributed by atoms with Crippen molar-refractivity contribution in [3.05, 3.63) is 54.2 Å². The predicted octanol–water partition coefficient (Wildman–Crippen LogP) is 2.04.